The molecule has 0 spiro atoms. The molecule has 23 heavy (non-hydrogen) atoms. The Morgan fingerprint density at radius 2 is 1.57 bits per heavy atom. The van der Waals surface area contributed by atoms with Crippen molar-refractivity contribution < 1.29 is 9.90 Å². The molecule has 0 aliphatic carbocycles. The average molecular weight is 322 g/mol. The van der Waals surface area contributed by atoms with Crippen molar-refractivity contribution in [1.29, 1.82) is 0 Å². The Labute approximate surface area is 142 Å². The maximum atomic E-state index is 11.3. The van der Waals surface area contributed by atoms with Crippen LogP contribution in [0.1, 0.15) is 71.3 Å². The number of quaternary nitrogens is 1. The number of carbonyl (C=O) groups is 1. The van der Waals surface area contributed by atoms with E-state index in [1.54, 1.807) is 0 Å². The quantitative estimate of drug-likeness (QED) is 0.631. The number of carboxylic acids is 1. The van der Waals surface area contributed by atoms with Crippen LogP contribution in [0.15, 0.2) is 30.3 Å². The molecule has 1 aromatic rings. The van der Waals surface area contributed by atoms with Crippen molar-refractivity contribution in [3.63, 3.8) is 0 Å². The molecule has 0 aliphatic heterocycles. The molecule has 1 rings (SSSR count). The van der Waals surface area contributed by atoms with Crippen LogP contribution in [-0.4, -0.2) is 5.97 Å². The molecule has 1 aromatic carbocycles. The van der Waals surface area contributed by atoms with E-state index in [1.165, 1.54) is 25.7 Å². The molecule has 0 bridgehead atoms. The van der Waals surface area contributed by atoms with Gasteiger partial charge in [-0.3, -0.25) is 0 Å². The highest BCUT2D eigenvalue weighted by Gasteiger charge is 2.11. The molecule has 0 amide bonds. The highest BCUT2D eigenvalue weighted by Crippen LogP contribution is 2.23. The van der Waals surface area contributed by atoms with E-state index in [4.69, 9.17) is 0 Å². The number of rotatable bonds is 10. The first-order chi connectivity index (χ1) is 10.4. The fraction of sp³-hybridized carbons (Fsp3) is 0.650. The summed E-state index contributed by atoms with van der Waals surface area (Å²) in [4.78, 5) is 11.3. The summed E-state index contributed by atoms with van der Waals surface area (Å²) < 4.78 is 0. The van der Waals surface area contributed by atoms with E-state index in [0.29, 0.717) is 11.8 Å². The van der Waals surface area contributed by atoms with E-state index in [2.05, 4.69) is 20.8 Å². The van der Waals surface area contributed by atoms with E-state index in [-0.39, 0.29) is 12.1 Å². The minimum atomic E-state index is -0.906. The zero-order valence-corrected chi connectivity index (χ0v) is 15.4. The molecular weight excluding hydrogens is 286 g/mol. The van der Waals surface area contributed by atoms with Gasteiger partial charge in [0.25, 0.3) is 0 Å². The van der Waals surface area contributed by atoms with Crippen LogP contribution in [0.3, 0.4) is 0 Å². The van der Waals surface area contributed by atoms with Crippen LogP contribution in [-0.2, 0) is 11.2 Å². The number of hydrogen-bond donors (Lipinski definition) is 1. The Kier molecular flexibility index (Phi) is 10.6. The summed E-state index contributed by atoms with van der Waals surface area (Å²) in [6.07, 6.45) is 8.45. The molecule has 3 heteroatoms. The van der Waals surface area contributed by atoms with Crippen molar-refractivity contribution in [2.75, 3.05) is 0 Å². The Morgan fingerprint density at radius 1 is 1.00 bits per heavy atom. The van der Waals surface area contributed by atoms with Crippen molar-refractivity contribution >= 4 is 5.97 Å². The molecule has 132 valence electrons. The lowest BCUT2D eigenvalue weighted by atomic mass is 9.89. The summed E-state index contributed by atoms with van der Waals surface area (Å²) in [5, 5.41) is 11.3. The summed E-state index contributed by atoms with van der Waals surface area (Å²) in [5.41, 5.74) is 1.51. The van der Waals surface area contributed by atoms with E-state index in [0.717, 1.165) is 24.8 Å². The lowest BCUT2D eigenvalue weighted by Gasteiger charge is -2.18. The van der Waals surface area contributed by atoms with Crippen LogP contribution >= 0.6 is 0 Å². The van der Waals surface area contributed by atoms with Crippen LogP contribution < -0.4 is 11.3 Å². The first kappa shape index (κ1) is 21.6. The smallest absolute Gasteiger partial charge is 0.0448 e. The molecule has 1 unspecified atom stereocenters. The third-order valence-electron chi connectivity index (χ3n) is 4.14. The lowest BCUT2D eigenvalue weighted by Crippen LogP contribution is -2.32. The predicted molar refractivity (Wildman–Crippen MR) is 96.4 cm³/mol. The minimum absolute atomic E-state index is 0. The number of carboxylic acid groups (broad SMARTS) is 1. The summed E-state index contributed by atoms with van der Waals surface area (Å²) in [5.74, 6) is -1.26. The second-order valence-corrected chi connectivity index (χ2v) is 7.57. The molecule has 3 nitrogen and oxygen atoms in total. The maximum absolute atomic E-state index is 11.3. The summed E-state index contributed by atoms with van der Waals surface area (Å²) >= 11 is 0. The van der Waals surface area contributed by atoms with Gasteiger partial charge in [0.2, 0.25) is 0 Å². The Bertz CT molecular complexity index is 423. The van der Waals surface area contributed by atoms with Gasteiger partial charge >= 0.3 is 0 Å². The number of carbonyl (C=O) groups excluding carboxylic acids is 1. The van der Waals surface area contributed by atoms with Crippen LogP contribution in [0.4, 0.5) is 0 Å². The molecule has 0 fully saturated rings. The second-order valence-electron chi connectivity index (χ2n) is 7.57. The van der Waals surface area contributed by atoms with E-state index >= 15 is 0 Å². The van der Waals surface area contributed by atoms with Gasteiger partial charge in [0.05, 0.1) is 0 Å². The molecule has 0 aliphatic rings. The van der Waals surface area contributed by atoms with Crippen molar-refractivity contribution in [1.82, 2.24) is 6.15 Å². The van der Waals surface area contributed by atoms with Crippen LogP contribution in [0.2, 0.25) is 0 Å². The monoisotopic (exact) mass is 321 g/mol. The number of hydrogen-bond acceptors (Lipinski definition) is 2. The molecule has 0 heterocycles. The minimum Gasteiger partial charge on any atom is -0.550 e. The molecule has 0 saturated carbocycles. The largest absolute Gasteiger partial charge is 0.550 e. The van der Waals surface area contributed by atoms with E-state index < -0.39 is 5.97 Å². The normalized spacial score (nSPS) is 12.5. The number of unbranched alkanes of at least 4 members (excludes halogenated alkanes) is 4. The number of benzene rings is 1. The summed E-state index contributed by atoms with van der Waals surface area (Å²) in [6, 6.07) is 9.84. The van der Waals surface area contributed by atoms with Gasteiger partial charge in [0, 0.05) is 11.9 Å². The van der Waals surface area contributed by atoms with Crippen molar-refractivity contribution in [3.05, 3.63) is 35.9 Å². The molecule has 0 radical (unpaired) electrons. The first-order valence-corrected chi connectivity index (χ1v) is 8.63. The van der Waals surface area contributed by atoms with E-state index in [1.807, 2.05) is 30.3 Å². The fourth-order valence-electron chi connectivity index (χ4n) is 2.78. The van der Waals surface area contributed by atoms with Crippen molar-refractivity contribution in [2.24, 2.45) is 11.3 Å². The predicted octanol–water partition coefficient (Wildman–Crippen LogP) is 4.75. The lowest BCUT2D eigenvalue weighted by molar-refractivity contribution is -0.311. The Balaban J connectivity index is 0.00000484. The topological polar surface area (TPSA) is 76.6 Å². The Hall–Kier alpha value is -1.35. The summed E-state index contributed by atoms with van der Waals surface area (Å²) in [6.45, 7) is 6.84. The number of aliphatic carboxylic acids is 1. The SMILES string of the molecule is CC(C)(C)CCCCCCCC(Cc1ccccc1)C(=O)[O-].[NH4+]. The van der Waals surface area contributed by atoms with Gasteiger partial charge in [-0.25, -0.2) is 0 Å². The third kappa shape index (κ3) is 10.9. The zero-order chi connectivity index (χ0) is 16.4. The van der Waals surface area contributed by atoms with Crippen LogP contribution in [0.25, 0.3) is 0 Å². The zero-order valence-electron chi connectivity index (χ0n) is 15.4. The standard InChI is InChI=1S/C20H32O2.H3N/c1-20(2,3)15-11-6-4-5-10-14-18(19(21)22)16-17-12-8-7-9-13-17;/h7-9,12-13,18H,4-6,10-11,14-16H2,1-3H3,(H,21,22);1H3. The fourth-order valence-corrected chi connectivity index (χ4v) is 2.78. The molecule has 4 N–H and O–H groups in total. The maximum Gasteiger partial charge on any atom is 0.0448 e. The third-order valence-corrected chi connectivity index (χ3v) is 4.14. The van der Waals surface area contributed by atoms with Gasteiger partial charge in [-0.05, 0) is 30.2 Å². The van der Waals surface area contributed by atoms with Crippen LogP contribution in [0, 0.1) is 11.3 Å². The van der Waals surface area contributed by atoms with E-state index in [9.17, 15) is 9.90 Å². The Morgan fingerprint density at radius 3 is 2.13 bits per heavy atom. The second kappa shape index (κ2) is 11.2. The highest BCUT2D eigenvalue weighted by atomic mass is 16.4. The average Bonchev–Trinajstić information content (AvgIpc) is 2.44. The summed E-state index contributed by atoms with van der Waals surface area (Å²) in [7, 11) is 0. The van der Waals surface area contributed by atoms with Gasteiger partial charge in [0.15, 0.2) is 0 Å². The van der Waals surface area contributed by atoms with Gasteiger partial charge in [-0.1, -0.05) is 83.2 Å². The van der Waals surface area contributed by atoms with Crippen molar-refractivity contribution in [2.45, 2.75) is 72.1 Å². The molecular formula is C20H35NO2. The van der Waals surface area contributed by atoms with Gasteiger partial charge in [0.1, 0.15) is 0 Å². The van der Waals surface area contributed by atoms with Gasteiger partial charge in [-0.2, -0.15) is 0 Å². The van der Waals surface area contributed by atoms with Crippen molar-refractivity contribution in [3.8, 4) is 0 Å². The molecule has 1 atom stereocenters. The van der Waals surface area contributed by atoms with Gasteiger partial charge in [-0.15, -0.1) is 0 Å². The first-order valence-electron chi connectivity index (χ1n) is 8.63. The van der Waals surface area contributed by atoms with Gasteiger partial charge < -0.3 is 16.1 Å². The highest BCUT2D eigenvalue weighted by molar-refractivity contribution is 5.68. The molecule has 0 aromatic heterocycles. The van der Waals surface area contributed by atoms with Crippen LogP contribution in [0.5, 0.6) is 0 Å². The molecule has 0 saturated heterocycles.